The molecule has 6 nitrogen and oxygen atoms in total. The Bertz CT molecular complexity index is 464. The Labute approximate surface area is 102 Å². The molecule has 1 unspecified atom stereocenters. The van der Waals surface area contributed by atoms with Crippen LogP contribution in [0.4, 0.5) is 11.4 Å². The second kappa shape index (κ2) is 4.44. The molecule has 0 saturated heterocycles. The molecule has 1 aromatic carbocycles. The lowest BCUT2D eigenvalue weighted by Crippen LogP contribution is -2.27. The number of ether oxygens (including phenoxy) is 1. The second-order valence-corrected chi connectivity index (χ2v) is 4.92. The zero-order valence-electron chi connectivity index (χ0n) is 9.26. The topological polar surface area (TPSA) is 84.9 Å². The van der Waals surface area contributed by atoms with Crippen LogP contribution in [0, 0.1) is 5.21 Å². The van der Waals surface area contributed by atoms with Gasteiger partial charge in [-0.05, 0) is 13.0 Å². The van der Waals surface area contributed by atoms with Crippen LogP contribution in [0.3, 0.4) is 0 Å². The average Bonchev–Trinajstić information content (AvgIpc) is 2.29. The van der Waals surface area contributed by atoms with Crippen LogP contribution in [-0.2, 0) is 4.79 Å². The molecule has 0 aromatic heterocycles. The maximum Gasteiger partial charge on any atom is 0.237 e. The van der Waals surface area contributed by atoms with Crippen molar-refractivity contribution in [3.05, 3.63) is 17.3 Å². The maximum atomic E-state index is 11.5. The molecule has 0 saturated carbocycles. The fraction of sp³-hybridized carbons (Fsp3) is 0.300. The van der Waals surface area contributed by atoms with Crippen LogP contribution in [0.1, 0.15) is 6.92 Å². The second-order valence-electron chi connectivity index (χ2n) is 3.54. The minimum atomic E-state index is -0.280. The quantitative estimate of drug-likeness (QED) is 0.784. The van der Waals surface area contributed by atoms with E-state index >= 15 is 0 Å². The van der Waals surface area contributed by atoms with E-state index in [0.717, 1.165) is 0 Å². The van der Waals surface area contributed by atoms with Crippen molar-refractivity contribution >= 4 is 29.0 Å². The van der Waals surface area contributed by atoms with Gasteiger partial charge in [0.15, 0.2) is 0 Å². The van der Waals surface area contributed by atoms with E-state index in [-0.39, 0.29) is 22.1 Å². The number of benzene rings is 1. The van der Waals surface area contributed by atoms with Gasteiger partial charge in [-0.2, -0.15) is 0 Å². The van der Waals surface area contributed by atoms with E-state index in [1.165, 1.54) is 24.9 Å². The summed E-state index contributed by atoms with van der Waals surface area (Å²) < 4.78 is 5.03. The molecule has 0 fully saturated rings. The van der Waals surface area contributed by atoms with Crippen molar-refractivity contribution in [3.63, 3.8) is 0 Å². The number of nitrogens with one attached hydrogen (secondary N) is 1. The predicted octanol–water partition coefficient (Wildman–Crippen LogP) is 1.82. The smallest absolute Gasteiger partial charge is 0.237 e. The molecule has 0 spiro atoms. The molecule has 2 N–H and O–H groups in total. The normalized spacial score (nSPS) is 18.4. The first kappa shape index (κ1) is 12.0. The van der Waals surface area contributed by atoms with E-state index in [1.807, 2.05) is 0 Å². The minimum Gasteiger partial charge on any atom is -0.733 e. The Morgan fingerprint density at radius 2 is 2.29 bits per heavy atom. The van der Waals surface area contributed by atoms with Crippen LogP contribution < -0.4 is 15.3 Å². The molecule has 92 valence electrons. The Hall–Kier alpha value is -1.44. The number of rotatable bonds is 2. The number of carbonyl (C=O) groups excluding carboxylic acids is 1. The van der Waals surface area contributed by atoms with Gasteiger partial charge in [-0.15, -0.1) is 11.8 Å². The van der Waals surface area contributed by atoms with Crippen LogP contribution in [-0.4, -0.2) is 23.5 Å². The summed E-state index contributed by atoms with van der Waals surface area (Å²) in [5.74, 6) is 0.250. The van der Waals surface area contributed by atoms with Gasteiger partial charge in [-0.25, -0.2) is 0 Å². The molecule has 1 aromatic rings. The highest BCUT2D eigenvalue weighted by atomic mass is 32.2. The molecular weight excluding hydrogens is 244 g/mol. The van der Waals surface area contributed by atoms with Gasteiger partial charge < -0.3 is 20.5 Å². The molecule has 0 aliphatic carbocycles. The molecule has 2 rings (SSSR count). The van der Waals surface area contributed by atoms with E-state index in [1.54, 1.807) is 13.0 Å². The number of amides is 1. The minimum absolute atomic E-state index is 0.0351. The Balaban J connectivity index is 2.54. The Kier molecular flexibility index (Phi) is 3.14. The first-order chi connectivity index (χ1) is 8.02. The van der Waals surface area contributed by atoms with Gasteiger partial charge in [0.2, 0.25) is 5.91 Å². The summed E-state index contributed by atoms with van der Waals surface area (Å²) in [4.78, 5) is 12.2. The number of fused-ring (bicyclic) bond motifs is 1. The zero-order valence-corrected chi connectivity index (χ0v) is 10.1. The van der Waals surface area contributed by atoms with Gasteiger partial charge in [0.05, 0.1) is 23.7 Å². The van der Waals surface area contributed by atoms with Crippen molar-refractivity contribution in [3.8, 4) is 5.75 Å². The van der Waals surface area contributed by atoms with Crippen LogP contribution >= 0.6 is 11.8 Å². The van der Waals surface area contributed by atoms with E-state index < -0.39 is 0 Å². The average molecular weight is 255 g/mol. The van der Waals surface area contributed by atoms with Crippen LogP contribution in [0.5, 0.6) is 5.75 Å². The van der Waals surface area contributed by atoms with Crippen molar-refractivity contribution in [1.82, 2.24) is 0 Å². The fourth-order valence-electron chi connectivity index (χ4n) is 1.53. The van der Waals surface area contributed by atoms with Crippen LogP contribution in [0.2, 0.25) is 0 Å². The predicted molar refractivity (Wildman–Crippen MR) is 64.6 cm³/mol. The van der Waals surface area contributed by atoms with Gasteiger partial charge in [0.1, 0.15) is 5.75 Å². The van der Waals surface area contributed by atoms with Gasteiger partial charge in [0.25, 0.3) is 0 Å². The summed E-state index contributed by atoms with van der Waals surface area (Å²) in [6.45, 7) is 1.76. The largest absolute Gasteiger partial charge is 0.733 e. The van der Waals surface area contributed by atoms with Crippen molar-refractivity contribution in [2.45, 2.75) is 17.1 Å². The number of hydrogen-bond donors (Lipinski definition) is 2. The maximum absolute atomic E-state index is 11.5. The number of methoxy groups -OCH3 is 1. The van der Waals surface area contributed by atoms with Gasteiger partial charge in [0, 0.05) is 11.0 Å². The van der Waals surface area contributed by atoms with Gasteiger partial charge in [-0.3, -0.25) is 10.0 Å². The summed E-state index contributed by atoms with van der Waals surface area (Å²) >= 11 is 1.31. The van der Waals surface area contributed by atoms with Gasteiger partial charge in [-0.1, -0.05) is 0 Å². The summed E-state index contributed by atoms with van der Waals surface area (Å²) in [5.41, 5.74) is 0.281. The lowest BCUT2D eigenvalue weighted by molar-refractivity contribution is -0.115. The SMILES string of the molecule is COc1cc2c(c(N([O-])O)c1)NC(=O)C(C)S2. The lowest BCUT2D eigenvalue weighted by Gasteiger charge is -2.30. The molecule has 1 aliphatic rings. The van der Waals surface area contributed by atoms with Crippen molar-refractivity contribution < 1.29 is 14.7 Å². The number of carbonyl (C=O) groups is 1. The van der Waals surface area contributed by atoms with E-state index in [4.69, 9.17) is 9.94 Å². The molecule has 0 bridgehead atoms. The number of anilines is 2. The fourth-order valence-corrected chi connectivity index (χ4v) is 2.54. The number of hydrogen-bond acceptors (Lipinski definition) is 6. The van der Waals surface area contributed by atoms with Crippen LogP contribution in [0.15, 0.2) is 17.0 Å². The first-order valence-corrected chi connectivity index (χ1v) is 5.76. The Morgan fingerprint density at radius 3 is 2.88 bits per heavy atom. The summed E-state index contributed by atoms with van der Waals surface area (Å²) in [5, 5.41) is 22.1. The molecular formula is C10H11N2O4S-. The van der Waals surface area contributed by atoms with E-state index in [2.05, 4.69) is 5.32 Å². The number of thioether (sulfide) groups is 1. The molecule has 7 heteroatoms. The third-order valence-electron chi connectivity index (χ3n) is 2.42. The highest BCUT2D eigenvalue weighted by Gasteiger charge is 2.26. The molecule has 1 aliphatic heterocycles. The highest BCUT2D eigenvalue weighted by Crippen LogP contribution is 2.43. The lowest BCUT2D eigenvalue weighted by atomic mass is 10.2. The standard InChI is InChI=1S/C10H11N2O4S/c1-5-10(13)11-9-7(12(14)15)3-6(16-2)4-8(9)17-5/h3-5,14H,1-2H3,(H,11,13)/q-1. The highest BCUT2D eigenvalue weighted by molar-refractivity contribution is 8.01. The van der Waals surface area contributed by atoms with Crippen LogP contribution in [0.25, 0.3) is 0 Å². The number of nitrogens with zero attached hydrogens (tertiary/aromatic N) is 1. The molecule has 0 radical (unpaired) electrons. The van der Waals surface area contributed by atoms with Gasteiger partial charge >= 0.3 is 0 Å². The molecule has 17 heavy (non-hydrogen) atoms. The summed E-state index contributed by atoms with van der Waals surface area (Å²) in [6, 6.07) is 3.08. The molecule has 1 heterocycles. The third kappa shape index (κ3) is 2.17. The molecule has 1 amide bonds. The van der Waals surface area contributed by atoms with E-state index in [9.17, 15) is 10.0 Å². The first-order valence-electron chi connectivity index (χ1n) is 4.88. The van der Waals surface area contributed by atoms with Crippen molar-refractivity contribution in [2.24, 2.45) is 0 Å². The summed E-state index contributed by atoms with van der Waals surface area (Å²) in [6.07, 6.45) is 0. The Morgan fingerprint density at radius 1 is 1.59 bits per heavy atom. The molecule has 1 atom stereocenters. The van der Waals surface area contributed by atoms with E-state index in [0.29, 0.717) is 16.3 Å². The summed E-state index contributed by atoms with van der Waals surface area (Å²) in [7, 11) is 1.47. The van der Waals surface area contributed by atoms with Crippen molar-refractivity contribution in [1.29, 1.82) is 0 Å². The third-order valence-corrected chi connectivity index (χ3v) is 3.56. The monoisotopic (exact) mass is 255 g/mol. The zero-order chi connectivity index (χ0) is 12.6. The van der Waals surface area contributed by atoms with Crippen molar-refractivity contribution in [2.75, 3.05) is 17.7 Å².